The molecule has 51 heavy (non-hydrogen) atoms. The average molecular weight is 674 g/mol. The highest BCUT2D eigenvalue weighted by atomic mass is 28.3. The first-order valence-corrected chi connectivity index (χ1v) is 20.2. The second-order valence-electron chi connectivity index (χ2n) is 14.7. The van der Waals surface area contributed by atoms with Gasteiger partial charge in [0, 0.05) is 48.2 Å². The van der Waals surface area contributed by atoms with Gasteiger partial charge in [0.1, 0.15) is 0 Å². The molecule has 3 aliphatic heterocycles. The standard InChI is InChI=1S/C46H40BN3Si/c1-31-23-25-40-44(27-31)51(34-15-7-5-8-16-34,35-17-9-6-10-18-35)45-28-32(2)24-26-41(45)50(40)33-29-42-46-43(30-33)49(4)39-22-14-12-20-37(39)47(46)36-19-11-13-21-38(36)48(42)3/h5-9,11-17,19-30H,10,18H2,1-4H3. The van der Waals surface area contributed by atoms with Crippen LogP contribution in [0.5, 0.6) is 0 Å². The monoisotopic (exact) mass is 673 g/mol. The number of anilines is 7. The van der Waals surface area contributed by atoms with Gasteiger partial charge in [0.05, 0.1) is 5.69 Å². The van der Waals surface area contributed by atoms with Crippen molar-refractivity contribution in [3.8, 4) is 0 Å². The van der Waals surface area contributed by atoms with Gasteiger partial charge in [-0.05, 0) is 95.0 Å². The molecule has 0 unspecified atom stereocenters. The number of rotatable bonds is 3. The van der Waals surface area contributed by atoms with Crippen LogP contribution in [0.2, 0.25) is 0 Å². The fourth-order valence-corrected chi connectivity index (χ4v) is 15.3. The van der Waals surface area contributed by atoms with Crippen LogP contribution in [0.4, 0.5) is 39.8 Å². The molecule has 3 heterocycles. The second kappa shape index (κ2) is 11.2. The minimum atomic E-state index is -2.66. The van der Waals surface area contributed by atoms with Crippen LogP contribution in [0.1, 0.15) is 24.0 Å². The van der Waals surface area contributed by atoms with E-state index in [1.54, 1.807) is 5.20 Å². The second-order valence-corrected chi connectivity index (χ2v) is 18.5. The van der Waals surface area contributed by atoms with Crippen LogP contribution < -0.4 is 46.6 Å². The third-order valence-electron chi connectivity index (χ3n) is 11.9. The van der Waals surface area contributed by atoms with Crippen molar-refractivity contribution in [2.75, 3.05) is 28.8 Å². The van der Waals surface area contributed by atoms with Gasteiger partial charge in [0.25, 0.3) is 6.71 Å². The molecule has 0 saturated carbocycles. The molecule has 10 rings (SSSR count). The summed E-state index contributed by atoms with van der Waals surface area (Å²) < 4.78 is 0. The lowest BCUT2D eigenvalue weighted by Gasteiger charge is -2.47. The summed E-state index contributed by atoms with van der Waals surface area (Å²) in [6, 6.07) is 48.8. The number of allylic oxidation sites excluding steroid dienone is 4. The van der Waals surface area contributed by atoms with Crippen LogP contribution >= 0.6 is 0 Å². The van der Waals surface area contributed by atoms with E-state index in [-0.39, 0.29) is 6.71 Å². The van der Waals surface area contributed by atoms with Gasteiger partial charge in [-0.15, -0.1) is 0 Å². The molecule has 3 nitrogen and oxygen atoms in total. The molecule has 0 aromatic heterocycles. The Morgan fingerprint density at radius 1 is 0.569 bits per heavy atom. The van der Waals surface area contributed by atoms with E-state index in [4.69, 9.17) is 0 Å². The molecule has 6 aromatic rings. The van der Waals surface area contributed by atoms with E-state index in [0.717, 1.165) is 12.8 Å². The molecule has 4 aliphatic rings. The lowest BCUT2D eigenvalue weighted by Crippen LogP contribution is -2.72. The van der Waals surface area contributed by atoms with E-state index in [1.807, 2.05) is 0 Å². The molecule has 5 heteroatoms. The van der Waals surface area contributed by atoms with Gasteiger partial charge in [-0.3, -0.25) is 0 Å². The maximum atomic E-state index is 2.59. The van der Waals surface area contributed by atoms with Crippen LogP contribution in [-0.2, 0) is 0 Å². The van der Waals surface area contributed by atoms with Gasteiger partial charge in [0.2, 0.25) is 0 Å². The third kappa shape index (κ3) is 4.19. The van der Waals surface area contributed by atoms with E-state index in [1.165, 1.54) is 82.9 Å². The van der Waals surface area contributed by atoms with Gasteiger partial charge in [-0.2, -0.15) is 0 Å². The van der Waals surface area contributed by atoms with Gasteiger partial charge >= 0.3 is 0 Å². The fraction of sp³-hybridized carbons (Fsp3) is 0.130. The number of benzene rings is 6. The first-order valence-electron chi connectivity index (χ1n) is 18.2. The fourth-order valence-electron chi connectivity index (χ4n) is 9.69. The zero-order valence-corrected chi connectivity index (χ0v) is 30.7. The number of fused-ring (bicyclic) bond motifs is 6. The summed E-state index contributed by atoms with van der Waals surface area (Å²) in [7, 11) is 1.83. The molecular formula is C46H40BN3Si. The molecule has 1 aliphatic carbocycles. The normalized spacial score (nSPS) is 16.1. The van der Waals surface area contributed by atoms with E-state index in [2.05, 4.69) is 188 Å². The Morgan fingerprint density at radius 2 is 1.12 bits per heavy atom. The van der Waals surface area contributed by atoms with Crippen molar-refractivity contribution in [1.82, 2.24) is 0 Å². The van der Waals surface area contributed by atoms with Crippen molar-refractivity contribution >= 4 is 86.5 Å². The number of para-hydroxylation sites is 2. The Bertz CT molecular complexity index is 2340. The Hall–Kier alpha value is -5.52. The van der Waals surface area contributed by atoms with Crippen molar-refractivity contribution < 1.29 is 0 Å². The highest BCUT2D eigenvalue weighted by molar-refractivity contribution is 7.18. The Labute approximate surface area is 302 Å². The van der Waals surface area contributed by atoms with Crippen molar-refractivity contribution in [2.24, 2.45) is 0 Å². The summed E-state index contributed by atoms with van der Waals surface area (Å²) in [4.78, 5) is 7.44. The minimum absolute atomic E-state index is 0.180. The number of aryl methyl sites for hydroxylation is 2. The van der Waals surface area contributed by atoms with Crippen LogP contribution in [0.3, 0.4) is 0 Å². The van der Waals surface area contributed by atoms with Crippen molar-refractivity contribution in [2.45, 2.75) is 26.7 Å². The molecule has 0 fully saturated rings. The number of nitrogens with zero attached hydrogens (tertiary/aromatic N) is 3. The van der Waals surface area contributed by atoms with E-state index in [0.29, 0.717) is 0 Å². The first kappa shape index (κ1) is 30.3. The van der Waals surface area contributed by atoms with Gasteiger partial charge in [0.15, 0.2) is 8.07 Å². The quantitative estimate of drug-likeness (QED) is 0.187. The third-order valence-corrected chi connectivity index (χ3v) is 16.9. The molecule has 0 amide bonds. The Kier molecular flexibility index (Phi) is 6.68. The lowest BCUT2D eigenvalue weighted by atomic mass is 9.33. The average Bonchev–Trinajstić information content (AvgIpc) is 3.17. The summed E-state index contributed by atoms with van der Waals surface area (Å²) >= 11 is 0. The van der Waals surface area contributed by atoms with E-state index < -0.39 is 8.07 Å². The van der Waals surface area contributed by atoms with E-state index in [9.17, 15) is 0 Å². The molecule has 246 valence electrons. The smallest absolute Gasteiger partial charge is 0.252 e. The molecule has 6 aromatic carbocycles. The zero-order chi connectivity index (χ0) is 34.4. The molecule has 0 N–H and O–H groups in total. The Morgan fingerprint density at radius 3 is 1.67 bits per heavy atom. The van der Waals surface area contributed by atoms with Crippen molar-refractivity contribution in [1.29, 1.82) is 0 Å². The minimum Gasteiger partial charge on any atom is -0.345 e. The van der Waals surface area contributed by atoms with E-state index >= 15 is 0 Å². The Balaban J connectivity index is 1.29. The van der Waals surface area contributed by atoms with Crippen LogP contribution in [0.15, 0.2) is 151 Å². The van der Waals surface area contributed by atoms with Crippen molar-refractivity contribution in [3.05, 3.63) is 162 Å². The molecular weight excluding hydrogens is 633 g/mol. The summed E-state index contributed by atoms with van der Waals surface area (Å²) in [5, 5.41) is 6.01. The maximum Gasteiger partial charge on any atom is 0.252 e. The summed E-state index contributed by atoms with van der Waals surface area (Å²) in [5.74, 6) is 0. The van der Waals surface area contributed by atoms with Gasteiger partial charge < -0.3 is 14.7 Å². The number of hydrogen-bond donors (Lipinski definition) is 0. The number of hydrogen-bond acceptors (Lipinski definition) is 3. The van der Waals surface area contributed by atoms with Crippen LogP contribution in [0.25, 0.3) is 0 Å². The predicted octanol–water partition coefficient (Wildman–Crippen LogP) is 7.05. The highest BCUT2D eigenvalue weighted by Gasteiger charge is 2.50. The summed E-state index contributed by atoms with van der Waals surface area (Å²) in [6.07, 6.45) is 9.25. The first-order chi connectivity index (χ1) is 25.0. The highest BCUT2D eigenvalue weighted by Crippen LogP contribution is 2.45. The summed E-state index contributed by atoms with van der Waals surface area (Å²) in [5.41, 5.74) is 15.6. The summed E-state index contributed by atoms with van der Waals surface area (Å²) in [6.45, 7) is 4.70. The molecule has 0 saturated heterocycles. The molecule has 0 spiro atoms. The largest absolute Gasteiger partial charge is 0.345 e. The maximum absolute atomic E-state index is 2.66. The molecule has 0 bridgehead atoms. The predicted molar refractivity (Wildman–Crippen MR) is 222 cm³/mol. The molecule has 0 atom stereocenters. The van der Waals surface area contributed by atoms with Gasteiger partial charge in [-0.25, -0.2) is 0 Å². The van der Waals surface area contributed by atoms with Crippen LogP contribution in [0, 0.1) is 13.8 Å². The molecule has 0 radical (unpaired) electrons. The lowest BCUT2D eigenvalue weighted by molar-refractivity contribution is 1.01. The zero-order valence-electron chi connectivity index (χ0n) is 29.7. The van der Waals surface area contributed by atoms with Gasteiger partial charge in [-0.1, -0.05) is 126 Å². The van der Waals surface area contributed by atoms with Crippen molar-refractivity contribution in [3.63, 3.8) is 0 Å². The topological polar surface area (TPSA) is 9.72 Å². The van der Waals surface area contributed by atoms with Crippen LogP contribution in [-0.4, -0.2) is 28.9 Å². The SMILES string of the molecule is Cc1ccc2c(c1)[Si](C1=CC=CCC1)(c1ccccc1)c1cc(C)ccc1N2c1cc2c3c(c1)N(C)c1ccccc1B3c1ccccc1N2C.